The summed E-state index contributed by atoms with van der Waals surface area (Å²) in [7, 11) is 1.33. The summed E-state index contributed by atoms with van der Waals surface area (Å²) in [6.07, 6.45) is -7.90. The lowest BCUT2D eigenvalue weighted by molar-refractivity contribution is -0.165. The van der Waals surface area contributed by atoms with Crippen LogP contribution in [0, 0.1) is 5.82 Å². The summed E-state index contributed by atoms with van der Waals surface area (Å²) in [6, 6.07) is 3.61. The van der Waals surface area contributed by atoms with E-state index in [0.29, 0.717) is 0 Å². The molecule has 0 spiro atoms. The highest BCUT2D eigenvalue weighted by Crippen LogP contribution is 2.30. The molecule has 134 valence electrons. The number of β-amino-alcohol motifs (C(OH)–C–C–N with tert-alkyl or cyclic N) is 1. The Hall–Kier alpha value is -2.03. The second-order valence-corrected chi connectivity index (χ2v) is 5.44. The number of alkyl halides is 3. The molecule has 1 heterocycles. The summed E-state index contributed by atoms with van der Waals surface area (Å²) in [5, 5.41) is 10.1. The molecule has 1 fully saturated rings. The third-order valence-electron chi connectivity index (χ3n) is 3.63. The van der Waals surface area contributed by atoms with Gasteiger partial charge in [-0.05, 0) is 12.1 Å². The first-order valence-corrected chi connectivity index (χ1v) is 7.22. The number of likely N-dealkylation sites (tertiary alicyclic amines) is 1. The lowest BCUT2D eigenvalue weighted by Gasteiger charge is -2.36. The average Bonchev–Trinajstić information content (AvgIpc) is 2.49. The Kier molecular flexibility index (Phi) is 5.53. The predicted octanol–water partition coefficient (Wildman–Crippen LogP) is 2.13. The van der Waals surface area contributed by atoms with Crippen LogP contribution >= 0.6 is 0 Å². The second kappa shape index (κ2) is 7.25. The SMILES string of the molecule is COc1cc(F)ccc1O[C@@H]1CCN(C(=O)CC(F)(F)F)C[C@H]1O. The van der Waals surface area contributed by atoms with Crippen LogP contribution in [0.4, 0.5) is 17.6 Å². The van der Waals surface area contributed by atoms with Gasteiger partial charge in [-0.25, -0.2) is 4.39 Å². The molecule has 9 heteroatoms. The van der Waals surface area contributed by atoms with Crippen molar-refractivity contribution in [3.63, 3.8) is 0 Å². The molecule has 0 aliphatic carbocycles. The van der Waals surface area contributed by atoms with Crippen molar-refractivity contribution in [3.8, 4) is 11.5 Å². The van der Waals surface area contributed by atoms with Crippen molar-refractivity contribution in [1.82, 2.24) is 4.90 Å². The van der Waals surface area contributed by atoms with Crippen LogP contribution in [0.3, 0.4) is 0 Å². The number of benzene rings is 1. The second-order valence-electron chi connectivity index (χ2n) is 5.44. The number of hydrogen-bond donors (Lipinski definition) is 1. The highest BCUT2D eigenvalue weighted by atomic mass is 19.4. The Labute approximate surface area is 135 Å². The fourth-order valence-corrected chi connectivity index (χ4v) is 2.46. The number of carbonyl (C=O) groups is 1. The molecular weight excluding hydrogens is 334 g/mol. The highest BCUT2D eigenvalue weighted by molar-refractivity contribution is 5.77. The molecule has 1 aliphatic rings. The monoisotopic (exact) mass is 351 g/mol. The van der Waals surface area contributed by atoms with Gasteiger partial charge in [0.05, 0.1) is 13.7 Å². The molecule has 0 radical (unpaired) electrons. The Balaban J connectivity index is 1.98. The van der Waals surface area contributed by atoms with Crippen molar-refractivity contribution in [2.24, 2.45) is 0 Å². The van der Waals surface area contributed by atoms with Crippen molar-refractivity contribution in [3.05, 3.63) is 24.0 Å². The topological polar surface area (TPSA) is 59.0 Å². The van der Waals surface area contributed by atoms with Crippen molar-refractivity contribution in [2.45, 2.75) is 31.2 Å². The zero-order valence-electron chi connectivity index (χ0n) is 12.8. The van der Waals surface area contributed by atoms with E-state index in [0.717, 1.165) is 17.0 Å². The van der Waals surface area contributed by atoms with E-state index in [9.17, 15) is 27.5 Å². The minimum absolute atomic E-state index is 0.0279. The maximum atomic E-state index is 13.1. The van der Waals surface area contributed by atoms with Gasteiger partial charge in [0, 0.05) is 19.0 Å². The molecule has 1 N–H and O–H groups in total. The van der Waals surface area contributed by atoms with E-state index in [1.807, 2.05) is 0 Å². The molecule has 0 bridgehead atoms. The summed E-state index contributed by atoms with van der Waals surface area (Å²) >= 11 is 0. The van der Waals surface area contributed by atoms with Crippen LogP contribution in [-0.2, 0) is 4.79 Å². The zero-order valence-corrected chi connectivity index (χ0v) is 12.8. The van der Waals surface area contributed by atoms with Crippen molar-refractivity contribution in [2.75, 3.05) is 20.2 Å². The van der Waals surface area contributed by atoms with E-state index in [2.05, 4.69) is 0 Å². The fourth-order valence-electron chi connectivity index (χ4n) is 2.46. The van der Waals surface area contributed by atoms with Gasteiger partial charge in [0.1, 0.15) is 24.4 Å². The average molecular weight is 351 g/mol. The molecule has 2 atom stereocenters. The van der Waals surface area contributed by atoms with Crippen molar-refractivity contribution < 1.29 is 36.9 Å². The van der Waals surface area contributed by atoms with Crippen LogP contribution in [0.2, 0.25) is 0 Å². The summed E-state index contributed by atoms with van der Waals surface area (Å²) in [5.41, 5.74) is 0. The lowest BCUT2D eigenvalue weighted by Crippen LogP contribution is -2.51. The molecular formula is C15H17F4NO4. The summed E-state index contributed by atoms with van der Waals surface area (Å²) in [4.78, 5) is 12.5. The largest absolute Gasteiger partial charge is 0.493 e. The lowest BCUT2D eigenvalue weighted by atomic mass is 10.0. The van der Waals surface area contributed by atoms with E-state index in [1.54, 1.807) is 0 Å². The quantitative estimate of drug-likeness (QED) is 0.845. The molecule has 1 aromatic carbocycles. The van der Waals surface area contributed by atoms with Crippen LogP contribution in [0.1, 0.15) is 12.8 Å². The third kappa shape index (κ3) is 4.73. The van der Waals surface area contributed by atoms with Gasteiger partial charge in [0.2, 0.25) is 5.91 Å². The number of rotatable bonds is 4. The maximum Gasteiger partial charge on any atom is 0.397 e. The Bertz CT molecular complexity index is 593. The zero-order chi connectivity index (χ0) is 17.9. The number of ether oxygens (including phenoxy) is 2. The predicted molar refractivity (Wildman–Crippen MR) is 75.2 cm³/mol. The molecule has 1 aliphatic heterocycles. The number of nitrogens with zero attached hydrogens (tertiary/aromatic N) is 1. The number of methoxy groups -OCH3 is 1. The molecule has 0 saturated carbocycles. The third-order valence-corrected chi connectivity index (χ3v) is 3.63. The minimum Gasteiger partial charge on any atom is -0.493 e. The van der Waals surface area contributed by atoms with E-state index < -0.39 is 36.5 Å². The minimum atomic E-state index is -4.59. The number of hydrogen-bond acceptors (Lipinski definition) is 4. The molecule has 0 unspecified atom stereocenters. The molecule has 1 saturated heterocycles. The van der Waals surface area contributed by atoms with Gasteiger partial charge in [-0.2, -0.15) is 13.2 Å². The standard InChI is InChI=1S/C15H17F4NO4/c1-23-13-6-9(16)2-3-12(13)24-11-4-5-20(8-10(11)21)14(22)7-15(17,18)19/h2-3,6,10-11,21H,4-5,7-8H2,1H3/t10-,11-/m1/s1. The van der Waals surface area contributed by atoms with Gasteiger partial charge in [0.15, 0.2) is 11.5 Å². The summed E-state index contributed by atoms with van der Waals surface area (Å²) in [5.74, 6) is -1.26. The maximum absolute atomic E-state index is 13.1. The number of aliphatic hydroxyl groups is 1. The Morgan fingerprint density at radius 3 is 2.67 bits per heavy atom. The molecule has 5 nitrogen and oxygen atoms in total. The van der Waals surface area contributed by atoms with Gasteiger partial charge in [-0.1, -0.05) is 0 Å². The Morgan fingerprint density at radius 2 is 2.08 bits per heavy atom. The van der Waals surface area contributed by atoms with Gasteiger partial charge >= 0.3 is 6.18 Å². The molecule has 1 amide bonds. The molecule has 24 heavy (non-hydrogen) atoms. The highest BCUT2D eigenvalue weighted by Gasteiger charge is 2.37. The van der Waals surface area contributed by atoms with E-state index in [1.165, 1.54) is 13.2 Å². The number of halogens is 4. The van der Waals surface area contributed by atoms with Crippen LogP contribution in [0.25, 0.3) is 0 Å². The number of piperidine rings is 1. The van der Waals surface area contributed by atoms with E-state index in [4.69, 9.17) is 9.47 Å². The molecule has 0 aromatic heterocycles. The van der Waals surface area contributed by atoms with Gasteiger partial charge < -0.3 is 19.5 Å². The van der Waals surface area contributed by atoms with Gasteiger partial charge in [0.25, 0.3) is 0 Å². The van der Waals surface area contributed by atoms with Crippen LogP contribution in [0.15, 0.2) is 18.2 Å². The van der Waals surface area contributed by atoms with Gasteiger partial charge in [-0.15, -0.1) is 0 Å². The van der Waals surface area contributed by atoms with E-state index >= 15 is 0 Å². The first-order valence-electron chi connectivity index (χ1n) is 7.22. The normalized spacial score (nSPS) is 21.5. The van der Waals surface area contributed by atoms with Gasteiger partial charge in [-0.3, -0.25) is 4.79 Å². The number of aliphatic hydroxyl groups excluding tert-OH is 1. The molecule has 2 rings (SSSR count). The van der Waals surface area contributed by atoms with Crippen LogP contribution in [-0.4, -0.2) is 54.5 Å². The van der Waals surface area contributed by atoms with Crippen molar-refractivity contribution in [1.29, 1.82) is 0 Å². The Morgan fingerprint density at radius 1 is 1.38 bits per heavy atom. The first kappa shape index (κ1) is 18.3. The fraction of sp³-hybridized carbons (Fsp3) is 0.533. The first-order chi connectivity index (χ1) is 11.2. The van der Waals surface area contributed by atoms with E-state index in [-0.39, 0.29) is 31.0 Å². The smallest absolute Gasteiger partial charge is 0.397 e. The number of amides is 1. The number of carbonyl (C=O) groups excluding carboxylic acids is 1. The van der Waals surface area contributed by atoms with Crippen LogP contribution in [0.5, 0.6) is 11.5 Å². The van der Waals surface area contributed by atoms with Crippen LogP contribution < -0.4 is 9.47 Å². The summed E-state index contributed by atoms with van der Waals surface area (Å²) < 4.78 is 60.5. The summed E-state index contributed by atoms with van der Waals surface area (Å²) in [6.45, 7) is -0.233. The van der Waals surface area contributed by atoms with Crippen molar-refractivity contribution >= 4 is 5.91 Å². The molecule has 1 aromatic rings.